The summed E-state index contributed by atoms with van der Waals surface area (Å²) in [6.45, 7) is 2.64. The molecule has 2 heterocycles. The molecule has 0 N–H and O–H groups in total. The lowest BCUT2D eigenvalue weighted by molar-refractivity contribution is -0.118. The molecule has 0 fully saturated rings. The molecule has 0 unspecified atom stereocenters. The zero-order chi connectivity index (χ0) is 24.8. The van der Waals surface area contributed by atoms with Crippen LogP contribution < -0.4 is 14.4 Å². The van der Waals surface area contributed by atoms with Gasteiger partial charge in [0.1, 0.15) is 11.5 Å². The van der Waals surface area contributed by atoms with E-state index in [1.54, 1.807) is 24.4 Å². The molecule has 0 saturated carbocycles. The summed E-state index contributed by atoms with van der Waals surface area (Å²) in [5.41, 5.74) is 1.41. The number of amides is 1. The summed E-state index contributed by atoms with van der Waals surface area (Å²) < 4.78 is 37.2. The average molecular weight is 512 g/mol. The second-order valence-electron chi connectivity index (χ2n) is 7.60. The summed E-state index contributed by atoms with van der Waals surface area (Å²) in [7, 11) is -2.15. The van der Waals surface area contributed by atoms with Crippen LogP contribution in [0.4, 0.5) is 5.13 Å². The molecule has 0 spiro atoms. The van der Waals surface area contributed by atoms with E-state index in [4.69, 9.17) is 9.47 Å². The van der Waals surface area contributed by atoms with Crippen LogP contribution in [0.5, 0.6) is 11.5 Å². The SMILES string of the molecule is CCOc1ccc2nc(N(Cc3ccccn3)C(=O)CCS(=O)(=O)c3ccc(OC)cc3)sc2c1. The van der Waals surface area contributed by atoms with E-state index in [2.05, 4.69) is 9.97 Å². The minimum absolute atomic E-state index is 0.144. The standard InChI is InChI=1S/C25H25N3O5S2/c1-3-33-20-9-12-22-23(16-20)34-25(27-22)28(17-18-6-4-5-14-26-18)24(29)13-15-35(30,31)21-10-7-19(32-2)8-11-21/h4-12,14,16H,3,13,15,17H2,1-2H3. The van der Waals surface area contributed by atoms with Gasteiger partial charge in [-0.2, -0.15) is 0 Å². The Labute approximate surface area is 208 Å². The fraction of sp³-hybridized carbons (Fsp3) is 0.240. The molecular weight excluding hydrogens is 486 g/mol. The van der Waals surface area contributed by atoms with E-state index in [-0.39, 0.29) is 29.5 Å². The summed E-state index contributed by atoms with van der Waals surface area (Å²) >= 11 is 1.35. The molecule has 0 saturated heterocycles. The first-order valence-corrected chi connectivity index (χ1v) is 13.5. The van der Waals surface area contributed by atoms with Crippen LogP contribution in [-0.2, 0) is 21.2 Å². The molecule has 2 aromatic heterocycles. The lowest BCUT2D eigenvalue weighted by Crippen LogP contribution is -2.32. The second kappa shape index (κ2) is 10.8. The van der Waals surface area contributed by atoms with Crippen molar-refractivity contribution in [1.29, 1.82) is 0 Å². The maximum Gasteiger partial charge on any atom is 0.230 e. The predicted molar refractivity (Wildman–Crippen MR) is 136 cm³/mol. The molecule has 182 valence electrons. The molecule has 0 atom stereocenters. The van der Waals surface area contributed by atoms with E-state index < -0.39 is 9.84 Å². The molecule has 2 aromatic carbocycles. The van der Waals surface area contributed by atoms with Crippen LogP contribution >= 0.6 is 11.3 Å². The number of anilines is 1. The molecule has 10 heteroatoms. The molecule has 0 aliphatic heterocycles. The first-order chi connectivity index (χ1) is 16.9. The lowest BCUT2D eigenvalue weighted by Gasteiger charge is -2.19. The number of carbonyl (C=O) groups is 1. The zero-order valence-corrected chi connectivity index (χ0v) is 21.0. The highest BCUT2D eigenvalue weighted by atomic mass is 32.2. The van der Waals surface area contributed by atoms with Crippen molar-refractivity contribution >= 4 is 42.4 Å². The minimum atomic E-state index is -3.66. The number of benzene rings is 2. The molecule has 0 radical (unpaired) electrons. The molecule has 1 amide bonds. The lowest BCUT2D eigenvalue weighted by atomic mass is 10.3. The van der Waals surface area contributed by atoms with E-state index >= 15 is 0 Å². The number of nitrogens with zero attached hydrogens (tertiary/aromatic N) is 3. The van der Waals surface area contributed by atoms with Gasteiger partial charge in [0.2, 0.25) is 5.91 Å². The van der Waals surface area contributed by atoms with Gasteiger partial charge in [0.15, 0.2) is 15.0 Å². The van der Waals surface area contributed by atoms with Crippen LogP contribution in [0.15, 0.2) is 71.8 Å². The number of hydrogen-bond donors (Lipinski definition) is 0. The number of sulfone groups is 1. The fourth-order valence-corrected chi connectivity index (χ4v) is 5.68. The molecule has 0 bridgehead atoms. The zero-order valence-electron chi connectivity index (χ0n) is 19.4. The third-order valence-electron chi connectivity index (χ3n) is 5.24. The Hall–Kier alpha value is -3.50. The normalized spacial score (nSPS) is 11.4. The second-order valence-corrected chi connectivity index (χ2v) is 10.7. The van der Waals surface area contributed by atoms with Crippen molar-refractivity contribution in [2.75, 3.05) is 24.4 Å². The van der Waals surface area contributed by atoms with Gasteiger partial charge >= 0.3 is 0 Å². The Morgan fingerprint density at radius 1 is 1.06 bits per heavy atom. The predicted octanol–water partition coefficient (Wildman–Crippen LogP) is 4.50. The Kier molecular flexibility index (Phi) is 7.62. The number of fused-ring (bicyclic) bond motifs is 1. The Morgan fingerprint density at radius 2 is 1.83 bits per heavy atom. The van der Waals surface area contributed by atoms with Crippen molar-refractivity contribution in [1.82, 2.24) is 9.97 Å². The van der Waals surface area contributed by atoms with Crippen LogP contribution in [0.2, 0.25) is 0 Å². The van der Waals surface area contributed by atoms with Gasteiger partial charge in [0, 0.05) is 12.6 Å². The smallest absolute Gasteiger partial charge is 0.230 e. The van der Waals surface area contributed by atoms with E-state index in [0.717, 1.165) is 16.0 Å². The highest BCUT2D eigenvalue weighted by Crippen LogP contribution is 2.32. The maximum absolute atomic E-state index is 13.3. The van der Waals surface area contributed by atoms with Gasteiger partial charge in [-0.25, -0.2) is 13.4 Å². The Balaban J connectivity index is 1.58. The maximum atomic E-state index is 13.3. The number of carbonyl (C=O) groups excluding carboxylic acids is 1. The van der Waals surface area contributed by atoms with Gasteiger partial charge in [0.25, 0.3) is 0 Å². The van der Waals surface area contributed by atoms with Gasteiger partial charge in [-0.15, -0.1) is 0 Å². The number of hydrogen-bond acceptors (Lipinski definition) is 8. The van der Waals surface area contributed by atoms with Crippen molar-refractivity contribution in [2.24, 2.45) is 0 Å². The van der Waals surface area contributed by atoms with Crippen LogP contribution in [0.25, 0.3) is 10.2 Å². The topological polar surface area (TPSA) is 98.7 Å². The fourth-order valence-electron chi connectivity index (χ4n) is 3.44. The summed E-state index contributed by atoms with van der Waals surface area (Å²) in [6.07, 6.45) is 1.46. The van der Waals surface area contributed by atoms with Gasteiger partial charge < -0.3 is 9.47 Å². The minimum Gasteiger partial charge on any atom is -0.497 e. The van der Waals surface area contributed by atoms with Gasteiger partial charge in [-0.1, -0.05) is 17.4 Å². The quantitative estimate of drug-likeness (QED) is 0.309. The van der Waals surface area contributed by atoms with Crippen LogP contribution in [0, 0.1) is 0 Å². The number of thiazole rings is 1. The van der Waals surface area contributed by atoms with Crippen molar-refractivity contribution in [2.45, 2.75) is 24.8 Å². The highest BCUT2D eigenvalue weighted by molar-refractivity contribution is 7.91. The highest BCUT2D eigenvalue weighted by Gasteiger charge is 2.24. The largest absolute Gasteiger partial charge is 0.497 e. The van der Waals surface area contributed by atoms with Gasteiger partial charge in [0.05, 0.1) is 46.8 Å². The third kappa shape index (κ3) is 5.95. The number of pyridine rings is 1. The molecule has 8 nitrogen and oxygen atoms in total. The summed E-state index contributed by atoms with van der Waals surface area (Å²) in [4.78, 5) is 23.9. The molecule has 4 rings (SSSR count). The molecule has 35 heavy (non-hydrogen) atoms. The summed E-state index contributed by atoms with van der Waals surface area (Å²) in [5, 5.41) is 0.478. The van der Waals surface area contributed by atoms with E-state index in [1.165, 1.54) is 35.5 Å². The molecule has 4 aromatic rings. The third-order valence-corrected chi connectivity index (χ3v) is 8.01. The van der Waals surface area contributed by atoms with E-state index in [9.17, 15) is 13.2 Å². The Morgan fingerprint density at radius 3 is 2.51 bits per heavy atom. The average Bonchev–Trinajstić information content (AvgIpc) is 3.30. The van der Waals surface area contributed by atoms with Crippen LogP contribution in [-0.4, -0.2) is 43.8 Å². The number of ether oxygens (including phenoxy) is 2. The van der Waals surface area contributed by atoms with Gasteiger partial charge in [-0.05, 0) is 61.5 Å². The number of rotatable bonds is 10. The van der Waals surface area contributed by atoms with Crippen LogP contribution in [0.3, 0.4) is 0 Å². The monoisotopic (exact) mass is 511 g/mol. The summed E-state index contributed by atoms with van der Waals surface area (Å²) in [5.74, 6) is 0.612. The van der Waals surface area contributed by atoms with E-state index in [1.807, 2.05) is 37.3 Å². The van der Waals surface area contributed by atoms with Crippen molar-refractivity contribution < 1.29 is 22.7 Å². The first kappa shape index (κ1) is 24.6. The van der Waals surface area contributed by atoms with Crippen molar-refractivity contribution in [3.63, 3.8) is 0 Å². The molecule has 0 aliphatic rings. The number of aromatic nitrogens is 2. The molecule has 0 aliphatic carbocycles. The van der Waals surface area contributed by atoms with Gasteiger partial charge in [-0.3, -0.25) is 14.7 Å². The Bertz CT molecular complexity index is 1400. The van der Waals surface area contributed by atoms with Crippen molar-refractivity contribution in [3.05, 3.63) is 72.6 Å². The number of methoxy groups -OCH3 is 1. The first-order valence-electron chi connectivity index (χ1n) is 11.0. The summed E-state index contributed by atoms with van der Waals surface area (Å²) in [6, 6.07) is 17.1. The van der Waals surface area contributed by atoms with Crippen molar-refractivity contribution in [3.8, 4) is 11.5 Å². The molecular formula is C25H25N3O5S2. The van der Waals surface area contributed by atoms with Crippen LogP contribution in [0.1, 0.15) is 19.0 Å². The van der Waals surface area contributed by atoms with E-state index in [0.29, 0.717) is 23.2 Å².